The molecular formula is C10H10ClN. The Morgan fingerprint density at radius 2 is 2.17 bits per heavy atom. The smallest absolute Gasteiger partial charge is 0.145 e. The minimum atomic E-state index is -0.513. The molecule has 2 heteroatoms. The third-order valence-corrected chi connectivity index (χ3v) is 2.16. The van der Waals surface area contributed by atoms with Crippen LogP contribution >= 0.6 is 11.6 Å². The van der Waals surface area contributed by atoms with Crippen molar-refractivity contribution in [3.8, 4) is 6.07 Å². The van der Waals surface area contributed by atoms with Gasteiger partial charge in [0, 0.05) is 0 Å². The SMILES string of the molecule is CCc1ccccc1C(Cl)C#N. The molecule has 1 unspecified atom stereocenters. The van der Waals surface area contributed by atoms with Crippen molar-refractivity contribution in [2.24, 2.45) is 0 Å². The van der Waals surface area contributed by atoms with Gasteiger partial charge in [0.05, 0.1) is 6.07 Å². The van der Waals surface area contributed by atoms with Gasteiger partial charge in [-0.1, -0.05) is 31.2 Å². The average molecular weight is 180 g/mol. The zero-order valence-electron chi connectivity index (χ0n) is 6.92. The molecule has 62 valence electrons. The molecule has 1 nitrogen and oxygen atoms in total. The van der Waals surface area contributed by atoms with Crippen molar-refractivity contribution in [2.45, 2.75) is 18.7 Å². The van der Waals surface area contributed by atoms with Crippen LogP contribution in [0.3, 0.4) is 0 Å². The molecule has 0 fully saturated rings. The van der Waals surface area contributed by atoms with E-state index in [9.17, 15) is 0 Å². The van der Waals surface area contributed by atoms with Crippen LogP contribution in [0, 0.1) is 11.3 Å². The van der Waals surface area contributed by atoms with Crippen molar-refractivity contribution >= 4 is 11.6 Å². The van der Waals surface area contributed by atoms with Crippen LogP contribution in [0.2, 0.25) is 0 Å². The highest BCUT2D eigenvalue weighted by atomic mass is 35.5. The first-order valence-corrected chi connectivity index (χ1v) is 4.34. The lowest BCUT2D eigenvalue weighted by atomic mass is 10.0. The van der Waals surface area contributed by atoms with Crippen LogP contribution < -0.4 is 0 Å². The molecule has 0 amide bonds. The topological polar surface area (TPSA) is 23.8 Å². The largest absolute Gasteiger partial charge is 0.196 e. The quantitative estimate of drug-likeness (QED) is 0.641. The summed E-state index contributed by atoms with van der Waals surface area (Å²) in [6.07, 6.45) is 0.918. The van der Waals surface area contributed by atoms with Gasteiger partial charge in [0.15, 0.2) is 0 Å². The number of nitrogens with zero attached hydrogens (tertiary/aromatic N) is 1. The van der Waals surface area contributed by atoms with E-state index >= 15 is 0 Å². The fourth-order valence-corrected chi connectivity index (χ4v) is 1.39. The second-order valence-corrected chi connectivity index (χ2v) is 2.98. The van der Waals surface area contributed by atoms with Gasteiger partial charge in [-0.25, -0.2) is 0 Å². The van der Waals surface area contributed by atoms with Gasteiger partial charge >= 0.3 is 0 Å². The summed E-state index contributed by atoms with van der Waals surface area (Å²) in [6, 6.07) is 9.79. The van der Waals surface area contributed by atoms with Gasteiger partial charge in [-0.3, -0.25) is 0 Å². The molecule has 0 spiro atoms. The lowest BCUT2D eigenvalue weighted by Crippen LogP contribution is -1.93. The van der Waals surface area contributed by atoms with E-state index in [0.29, 0.717) is 0 Å². The predicted octanol–water partition coefficient (Wildman–Crippen LogP) is 3.05. The van der Waals surface area contributed by atoms with Crippen molar-refractivity contribution in [3.63, 3.8) is 0 Å². The first-order valence-electron chi connectivity index (χ1n) is 3.91. The van der Waals surface area contributed by atoms with Gasteiger partial charge in [-0.2, -0.15) is 5.26 Å². The predicted molar refractivity (Wildman–Crippen MR) is 50.0 cm³/mol. The van der Waals surface area contributed by atoms with Crippen LogP contribution in [0.1, 0.15) is 23.4 Å². The van der Waals surface area contributed by atoms with E-state index in [1.807, 2.05) is 30.3 Å². The summed E-state index contributed by atoms with van der Waals surface area (Å²) in [6.45, 7) is 2.06. The summed E-state index contributed by atoms with van der Waals surface area (Å²) in [7, 11) is 0. The maximum Gasteiger partial charge on any atom is 0.145 e. The molecule has 0 saturated carbocycles. The molecular weight excluding hydrogens is 170 g/mol. The third-order valence-electron chi connectivity index (χ3n) is 1.82. The Morgan fingerprint density at radius 1 is 1.50 bits per heavy atom. The molecule has 0 heterocycles. The number of rotatable bonds is 2. The molecule has 1 aromatic carbocycles. The minimum absolute atomic E-state index is 0.513. The van der Waals surface area contributed by atoms with Crippen LogP contribution in [0.5, 0.6) is 0 Å². The summed E-state index contributed by atoms with van der Waals surface area (Å²) < 4.78 is 0. The summed E-state index contributed by atoms with van der Waals surface area (Å²) >= 11 is 5.81. The number of hydrogen-bond acceptors (Lipinski definition) is 1. The van der Waals surface area contributed by atoms with Crippen LogP contribution in [0.4, 0.5) is 0 Å². The van der Waals surface area contributed by atoms with Crippen molar-refractivity contribution in [2.75, 3.05) is 0 Å². The van der Waals surface area contributed by atoms with Gasteiger partial charge in [0.1, 0.15) is 5.38 Å². The summed E-state index contributed by atoms with van der Waals surface area (Å²) in [5, 5.41) is 8.11. The lowest BCUT2D eigenvalue weighted by Gasteiger charge is -2.06. The molecule has 1 atom stereocenters. The number of aryl methyl sites for hydroxylation is 1. The van der Waals surface area contributed by atoms with Crippen LogP contribution in [0.15, 0.2) is 24.3 Å². The fraction of sp³-hybridized carbons (Fsp3) is 0.300. The molecule has 12 heavy (non-hydrogen) atoms. The van der Waals surface area contributed by atoms with Crippen LogP contribution in [0.25, 0.3) is 0 Å². The standard InChI is InChI=1S/C10H10ClN/c1-2-8-5-3-4-6-9(8)10(11)7-12/h3-6,10H,2H2,1H3. The van der Waals surface area contributed by atoms with E-state index in [-0.39, 0.29) is 0 Å². The number of halogens is 1. The van der Waals surface area contributed by atoms with Crippen molar-refractivity contribution in [1.29, 1.82) is 5.26 Å². The van der Waals surface area contributed by atoms with E-state index in [2.05, 4.69) is 6.92 Å². The van der Waals surface area contributed by atoms with Crippen molar-refractivity contribution in [3.05, 3.63) is 35.4 Å². The van der Waals surface area contributed by atoms with E-state index in [4.69, 9.17) is 16.9 Å². The van der Waals surface area contributed by atoms with Gasteiger partial charge in [-0.05, 0) is 17.5 Å². The number of hydrogen-bond donors (Lipinski definition) is 0. The van der Waals surface area contributed by atoms with E-state index < -0.39 is 5.38 Å². The monoisotopic (exact) mass is 179 g/mol. The molecule has 0 N–H and O–H groups in total. The van der Waals surface area contributed by atoms with E-state index in [1.165, 1.54) is 0 Å². The Hall–Kier alpha value is -1.00. The third kappa shape index (κ3) is 1.78. The average Bonchev–Trinajstić information content (AvgIpc) is 2.16. The summed E-state index contributed by atoms with van der Waals surface area (Å²) in [4.78, 5) is 0. The highest BCUT2D eigenvalue weighted by Gasteiger charge is 2.08. The van der Waals surface area contributed by atoms with Crippen LogP contribution in [-0.4, -0.2) is 0 Å². The number of nitriles is 1. The molecule has 0 radical (unpaired) electrons. The highest BCUT2D eigenvalue weighted by Crippen LogP contribution is 2.23. The second kappa shape index (κ2) is 4.13. The molecule has 0 bridgehead atoms. The molecule has 1 rings (SSSR count). The lowest BCUT2D eigenvalue weighted by molar-refractivity contribution is 1.07. The van der Waals surface area contributed by atoms with Crippen molar-refractivity contribution in [1.82, 2.24) is 0 Å². The minimum Gasteiger partial charge on any atom is -0.196 e. The Kier molecular flexibility index (Phi) is 3.13. The van der Waals surface area contributed by atoms with Gasteiger partial charge < -0.3 is 0 Å². The fourth-order valence-electron chi connectivity index (χ4n) is 1.17. The number of alkyl halides is 1. The Morgan fingerprint density at radius 3 is 2.75 bits per heavy atom. The maximum atomic E-state index is 8.63. The van der Waals surface area contributed by atoms with Gasteiger partial charge in [-0.15, -0.1) is 11.6 Å². The first kappa shape index (κ1) is 9.09. The van der Waals surface area contributed by atoms with E-state index in [0.717, 1.165) is 17.5 Å². The van der Waals surface area contributed by atoms with E-state index in [1.54, 1.807) is 0 Å². The van der Waals surface area contributed by atoms with Gasteiger partial charge in [0.2, 0.25) is 0 Å². The van der Waals surface area contributed by atoms with Gasteiger partial charge in [0.25, 0.3) is 0 Å². The zero-order valence-corrected chi connectivity index (χ0v) is 7.67. The second-order valence-electron chi connectivity index (χ2n) is 2.54. The Balaban J connectivity index is 3.06. The Bertz CT molecular complexity index is 301. The molecule has 0 aliphatic carbocycles. The summed E-state index contributed by atoms with van der Waals surface area (Å²) in [5.41, 5.74) is 2.09. The molecule has 0 aliphatic rings. The Labute approximate surface area is 77.6 Å². The molecule has 0 aliphatic heterocycles. The maximum absolute atomic E-state index is 8.63. The summed E-state index contributed by atoms with van der Waals surface area (Å²) in [5.74, 6) is 0. The molecule has 0 aromatic heterocycles. The first-order chi connectivity index (χ1) is 5.79. The zero-order chi connectivity index (χ0) is 8.97. The van der Waals surface area contributed by atoms with Crippen LogP contribution in [-0.2, 0) is 6.42 Å². The highest BCUT2D eigenvalue weighted by molar-refractivity contribution is 6.22. The molecule has 0 saturated heterocycles. The molecule has 1 aromatic rings. The van der Waals surface area contributed by atoms with Crippen molar-refractivity contribution < 1.29 is 0 Å². The normalized spacial score (nSPS) is 12.1. The number of benzene rings is 1.